The molecule has 0 atom stereocenters. The minimum absolute atomic E-state index is 0. The molecule has 0 nitrogen and oxygen atoms in total. The van der Waals surface area contributed by atoms with Gasteiger partial charge in [0.15, 0.2) is 0 Å². The van der Waals surface area contributed by atoms with Crippen LogP contribution < -0.4 is 17.0 Å². The van der Waals surface area contributed by atoms with Crippen molar-refractivity contribution in [2.45, 2.75) is 0 Å². The monoisotopic (exact) mass is 246 g/mol. The van der Waals surface area contributed by atoms with Crippen LogP contribution in [0.2, 0.25) is 5.02 Å². The summed E-state index contributed by atoms with van der Waals surface area (Å²) < 4.78 is 12.2. The van der Waals surface area contributed by atoms with Crippen molar-refractivity contribution in [1.82, 2.24) is 0 Å². The van der Waals surface area contributed by atoms with Gasteiger partial charge in [-0.1, -0.05) is 11.1 Å². The van der Waals surface area contributed by atoms with Gasteiger partial charge in [0, 0.05) is 0 Å². The normalized spacial score (nSPS) is 7.82. The fourth-order valence-corrected chi connectivity index (χ4v) is 0.661. The summed E-state index contributed by atoms with van der Waals surface area (Å²) >= 11 is 5.55. The molecule has 0 amide bonds. The second-order valence-corrected chi connectivity index (χ2v) is 2.14. The maximum Gasteiger partial charge on any atom is 2.00 e. The van der Waals surface area contributed by atoms with E-state index in [-0.39, 0.29) is 45.9 Å². The fourth-order valence-electron chi connectivity index (χ4n) is 0.543. The summed E-state index contributed by atoms with van der Waals surface area (Å²) in [7, 11) is 0. The van der Waals surface area contributed by atoms with Crippen molar-refractivity contribution in [2.75, 3.05) is 0 Å². The molecule has 0 heterocycles. The largest absolute Gasteiger partial charge is 2.00 e. The summed E-state index contributed by atoms with van der Waals surface area (Å²) in [4.78, 5) is 0. The maximum atomic E-state index is 12.2. The molecule has 0 saturated carbocycles. The van der Waals surface area contributed by atoms with Gasteiger partial charge in [0.25, 0.3) is 0 Å². The second kappa shape index (κ2) is 6.11. The molecule has 0 aliphatic rings. The summed E-state index contributed by atoms with van der Waals surface area (Å²) in [5.41, 5.74) is 0.525. The van der Waals surface area contributed by atoms with Crippen LogP contribution in [-0.2, 0) is 0 Å². The maximum absolute atomic E-state index is 12.2. The van der Waals surface area contributed by atoms with E-state index in [4.69, 9.17) is 11.6 Å². The smallest absolute Gasteiger partial charge is 1.00 e. The molecular weight excluding hydrogens is 243 g/mol. The first-order valence-electron chi connectivity index (χ1n) is 2.47. The van der Waals surface area contributed by atoms with Gasteiger partial charge in [0.05, 0.1) is 5.82 Å². The van der Waals surface area contributed by atoms with Crippen molar-refractivity contribution >= 4 is 34.7 Å². The third kappa shape index (κ3) is 4.21. The number of benzene rings is 1. The van der Waals surface area contributed by atoms with Gasteiger partial charge >= 0.3 is 23.1 Å². The molecule has 0 N–H and O–H groups in total. The van der Waals surface area contributed by atoms with E-state index in [1.54, 1.807) is 0 Å². The molecule has 0 saturated heterocycles. The fraction of sp³-hybridized carbons (Fsp3) is 0. The van der Waals surface area contributed by atoms with E-state index in [0.29, 0.717) is 10.6 Å². The molecule has 0 unspecified atom stereocenters. The van der Waals surface area contributed by atoms with Crippen LogP contribution >= 0.6 is 11.6 Å². The standard InChI is InChI=1S/C7H5ClF.BrH.Mg/c1-5-4-6(9)2-3-7(5)8;;/h2-4H,1H2;1H;/q-1;;+2/p-1. The predicted molar refractivity (Wildman–Crippen MR) is 41.6 cm³/mol. The Bertz CT molecular complexity index is 230. The SMILES string of the molecule is [Br-].[CH2-]c1cc(F)ccc1Cl.[Mg+2]. The van der Waals surface area contributed by atoms with E-state index in [0.717, 1.165) is 0 Å². The zero-order valence-electron chi connectivity index (χ0n) is 5.78. The summed E-state index contributed by atoms with van der Waals surface area (Å²) in [5.74, 6) is -0.301. The van der Waals surface area contributed by atoms with Crippen LogP contribution in [0, 0.1) is 12.7 Å². The molecule has 0 fully saturated rings. The van der Waals surface area contributed by atoms with Crippen molar-refractivity contribution < 1.29 is 21.4 Å². The summed E-state index contributed by atoms with van der Waals surface area (Å²) in [6.45, 7) is 3.51. The van der Waals surface area contributed by atoms with Crippen LogP contribution in [0.25, 0.3) is 0 Å². The molecule has 0 spiro atoms. The quantitative estimate of drug-likeness (QED) is 0.420. The first-order valence-corrected chi connectivity index (χ1v) is 2.85. The van der Waals surface area contributed by atoms with Crippen LogP contribution in [0.5, 0.6) is 0 Å². The van der Waals surface area contributed by atoms with Gasteiger partial charge in [0.1, 0.15) is 0 Å². The van der Waals surface area contributed by atoms with Gasteiger partial charge in [-0.2, -0.15) is 24.1 Å². The Morgan fingerprint density at radius 1 is 1.36 bits per heavy atom. The van der Waals surface area contributed by atoms with Crippen LogP contribution in [0.15, 0.2) is 18.2 Å². The average Bonchev–Trinajstić information content (AvgIpc) is 1.80. The van der Waals surface area contributed by atoms with Gasteiger partial charge < -0.3 is 17.0 Å². The number of hydrogen-bond acceptors (Lipinski definition) is 0. The average molecular weight is 248 g/mol. The molecule has 0 bridgehead atoms. The number of halogens is 3. The summed E-state index contributed by atoms with van der Waals surface area (Å²) in [6.07, 6.45) is 0. The molecule has 1 aromatic carbocycles. The number of hydrogen-bond donors (Lipinski definition) is 0. The Morgan fingerprint density at radius 3 is 2.27 bits per heavy atom. The minimum atomic E-state index is -0.301. The Morgan fingerprint density at radius 2 is 1.91 bits per heavy atom. The van der Waals surface area contributed by atoms with Crippen LogP contribution in [0.1, 0.15) is 5.56 Å². The first kappa shape index (κ1) is 14.1. The van der Waals surface area contributed by atoms with Crippen LogP contribution in [-0.4, -0.2) is 23.1 Å². The van der Waals surface area contributed by atoms with E-state index in [2.05, 4.69) is 6.92 Å². The van der Waals surface area contributed by atoms with Crippen molar-refractivity contribution in [2.24, 2.45) is 0 Å². The van der Waals surface area contributed by atoms with Crippen molar-refractivity contribution in [3.8, 4) is 0 Å². The molecule has 4 heteroatoms. The van der Waals surface area contributed by atoms with E-state index in [1.165, 1.54) is 18.2 Å². The third-order valence-electron chi connectivity index (χ3n) is 1.01. The summed E-state index contributed by atoms with van der Waals surface area (Å²) in [6, 6.07) is 4.08. The molecule has 0 aromatic heterocycles. The molecule has 1 aromatic rings. The molecule has 0 aliphatic carbocycles. The Balaban J connectivity index is 0. The molecule has 56 valence electrons. The van der Waals surface area contributed by atoms with Gasteiger partial charge in [-0.05, 0) is 6.07 Å². The van der Waals surface area contributed by atoms with Gasteiger partial charge in [-0.3, -0.25) is 0 Å². The molecule has 1 rings (SSSR count). The second-order valence-electron chi connectivity index (χ2n) is 1.74. The summed E-state index contributed by atoms with van der Waals surface area (Å²) in [5, 5.41) is 0.497. The van der Waals surface area contributed by atoms with Gasteiger partial charge in [0.2, 0.25) is 0 Å². The topological polar surface area (TPSA) is 0 Å². The van der Waals surface area contributed by atoms with E-state index in [1.807, 2.05) is 0 Å². The third-order valence-corrected chi connectivity index (χ3v) is 1.38. The zero-order valence-corrected chi connectivity index (χ0v) is 9.54. The van der Waals surface area contributed by atoms with Crippen LogP contribution in [0.3, 0.4) is 0 Å². The zero-order chi connectivity index (χ0) is 6.85. The van der Waals surface area contributed by atoms with Gasteiger partial charge in [-0.25, -0.2) is 4.39 Å². The Kier molecular flexibility index (Phi) is 7.84. The molecule has 0 radical (unpaired) electrons. The van der Waals surface area contributed by atoms with Crippen LogP contribution in [0.4, 0.5) is 4.39 Å². The first-order chi connectivity index (χ1) is 4.20. The minimum Gasteiger partial charge on any atom is -1.00 e. The van der Waals surface area contributed by atoms with E-state index >= 15 is 0 Å². The predicted octanol–water partition coefficient (Wildman–Crippen LogP) is -0.716. The van der Waals surface area contributed by atoms with Crippen molar-refractivity contribution in [3.05, 3.63) is 41.5 Å². The molecular formula is C7H5BrClFMg. The van der Waals surface area contributed by atoms with Crippen molar-refractivity contribution in [1.29, 1.82) is 0 Å². The van der Waals surface area contributed by atoms with E-state index in [9.17, 15) is 4.39 Å². The molecule has 0 aliphatic heterocycles. The van der Waals surface area contributed by atoms with Gasteiger partial charge in [-0.15, -0.1) is 6.07 Å². The molecule has 11 heavy (non-hydrogen) atoms. The van der Waals surface area contributed by atoms with Crippen molar-refractivity contribution in [3.63, 3.8) is 0 Å². The Hall–Kier alpha value is 0.556. The van der Waals surface area contributed by atoms with E-state index < -0.39 is 0 Å². The number of rotatable bonds is 0. The Labute approximate surface area is 97.0 Å².